The number of aliphatic hydroxyl groups excluding tert-OH is 2. The van der Waals surface area contributed by atoms with Gasteiger partial charge in [-0.1, -0.05) is 261 Å². The molecule has 6 nitrogen and oxygen atoms in total. The molecule has 0 aliphatic rings. The molecule has 3 N–H and O–H groups in total. The van der Waals surface area contributed by atoms with Gasteiger partial charge >= 0.3 is 5.97 Å². The van der Waals surface area contributed by atoms with Crippen LogP contribution in [-0.2, 0) is 14.3 Å². The van der Waals surface area contributed by atoms with Crippen molar-refractivity contribution in [2.45, 2.75) is 277 Å². The van der Waals surface area contributed by atoms with E-state index in [2.05, 4.69) is 62.5 Å². The van der Waals surface area contributed by atoms with Crippen LogP contribution in [0.3, 0.4) is 0 Å². The van der Waals surface area contributed by atoms with E-state index in [1.807, 2.05) is 24.3 Å². The van der Waals surface area contributed by atoms with E-state index in [1.165, 1.54) is 135 Å². The summed E-state index contributed by atoms with van der Waals surface area (Å²) in [5, 5.41) is 23.7. The van der Waals surface area contributed by atoms with Gasteiger partial charge in [0, 0.05) is 6.42 Å². The second kappa shape index (κ2) is 49.6. The van der Waals surface area contributed by atoms with Crippen LogP contribution in [0, 0.1) is 0 Å². The van der Waals surface area contributed by atoms with E-state index in [0.29, 0.717) is 19.3 Å². The first-order valence-electron chi connectivity index (χ1n) is 26.6. The monoisotopic (exact) mass is 868 g/mol. The van der Waals surface area contributed by atoms with E-state index in [1.54, 1.807) is 0 Å². The third-order valence-electron chi connectivity index (χ3n) is 12.0. The Balaban J connectivity index is 4.62. The van der Waals surface area contributed by atoms with Crippen molar-refractivity contribution < 1.29 is 24.5 Å². The minimum Gasteiger partial charge on any atom is -0.462 e. The Kier molecular flexibility index (Phi) is 47.6. The van der Waals surface area contributed by atoms with E-state index >= 15 is 0 Å². The molecule has 0 aromatic carbocycles. The van der Waals surface area contributed by atoms with Crippen LogP contribution in [0.2, 0.25) is 0 Å². The first kappa shape index (κ1) is 59.6. The lowest BCUT2D eigenvalue weighted by Gasteiger charge is -2.24. The Bertz CT molecular complexity index is 1110. The van der Waals surface area contributed by atoms with Gasteiger partial charge in [0.25, 0.3) is 0 Å². The molecule has 0 aliphatic carbocycles. The van der Waals surface area contributed by atoms with Crippen molar-refractivity contribution in [3.8, 4) is 0 Å². The second-order valence-electron chi connectivity index (χ2n) is 18.1. The zero-order valence-electron chi connectivity index (χ0n) is 41.0. The number of amides is 1. The highest BCUT2D eigenvalue weighted by molar-refractivity contribution is 5.77. The number of nitrogens with one attached hydrogen (secondary N) is 1. The minimum absolute atomic E-state index is 0.0680. The summed E-state index contributed by atoms with van der Waals surface area (Å²) in [4.78, 5) is 26.2. The number of esters is 1. The lowest BCUT2D eigenvalue weighted by Crippen LogP contribution is -2.46. The predicted octanol–water partition coefficient (Wildman–Crippen LogP) is 16.0. The van der Waals surface area contributed by atoms with Crippen LogP contribution < -0.4 is 5.32 Å². The van der Waals surface area contributed by atoms with Crippen molar-refractivity contribution in [3.63, 3.8) is 0 Å². The number of rotatable bonds is 47. The highest BCUT2D eigenvalue weighted by atomic mass is 16.5. The molecule has 0 heterocycles. The molecule has 0 saturated heterocycles. The third-order valence-corrected chi connectivity index (χ3v) is 12.0. The Hall–Kier alpha value is -2.44. The molecule has 0 radical (unpaired) electrons. The maximum absolute atomic E-state index is 13.2. The lowest BCUT2D eigenvalue weighted by atomic mass is 10.0. The molecule has 0 rings (SSSR count). The molecule has 0 bridgehead atoms. The van der Waals surface area contributed by atoms with Gasteiger partial charge in [-0.2, -0.15) is 0 Å². The molecule has 0 aliphatic heterocycles. The minimum atomic E-state index is -0.791. The van der Waals surface area contributed by atoms with E-state index in [4.69, 9.17) is 4.74 Å². The smallest absolute Gasteiger partial charge is 0.306 e. The summed E-state index contributed by atoms with van der Waals surface area (Å²) in [6.45, 7) is 6.39. The number of allylic oxidation sites excluding steroid dienone is 10. The number of hydrogen-bond donors (Lipinski definition) is 3. The van der Waals surface area contributed by atoms with Crippen molar-refractivity contribution in [1.82, 2.24) is 5.32 Å². The largest absolute Gasteiger partial charge is 0.462 e. The van der Waals surface area contributed by atoms with E-state index in [0.717, 1.165) is 77.0 Å². The predicted molar refractivity (Wildman–Crippen MR) is 268 cm³/mol. The Morgan fingerprint density at radius 2 is 0.855 bits per heavy atom. The molecule has 6 heteroatoms. The van der Waals surface area contributed by atoms with Gasteiger partial charge in [-0.25, -0.2) is 0 Å². The number of carbonyl (C=O) groups is 2. The van der Waals surface area contributed by atoms with E-state index in [-0.39, 0.29) is 24.9 Å². The number of carbonyl (C=O) groups excluding carboxylic acids is 2. The van der Waals surface area contributed by atoms with Crippen molar-refractivity contribution in [3.05, 3.63) is 60.8 Å². The average Bonchev–Trinajstić information content (AvgIpc) is 3.26. The topological polar surface area (TPSA) is 95.9 Å². The van der Waals surface area contributed by atoms with Gasteiger partial charge in [0.1, 0.15) is 6.10 Å². The zero-order chi connectivity index (χ0) is 45.2. The number of hydrogen-bond acceptors (Lipinski definition) is 5. The van der Waals surface area contributed by atoms with Crippen molar-refractivity contribution in [2.24, 2.45) is 0 Å². The summed E-state index contributed by atoms with van der Waals surface area (Å²) in [7, 11) is 0. The van der Waals surface area contributed by atoms with Crippen LogP contribution >= 0.6 is 0 Å². The molecular formula is C56H101NO5. The first-order valence-corrected chi connectivity index (χ1v) is 26.6. The van der Waals surface area contributed by atoms with Crippen molar-refractivity contribution in [2.75, 3.05) is 6.61 Å². The van der Waals surface area contributed by atoms with Crippen LogP contribution in [0.1, 0.15) is 258 Å². The zero-order valence-corrected chi connectivity index (χ0v) is 41.0. The van der Waals surface area contributed by atoms with Crippen molar-refractivity contribution >= 4 is 11.9 Å². The van der Waals surface area contributed by atoms with Crippen LogP contribution in [0.5, 0.6) is 0 Å². The van der Waals surface area contributed by atoms with Gasteiger partial charge in [-0.3, -0.25) is 9.59 Å². The lowest BCUT2D eigenvalue weighted by molar-refractivity contribution is -0.151. The van der Waals surface area contributed by atoms with Crippen LogP contribution in [-0.4, -0.2) is 46.9 Å². The van der Waals surface area contributed by atoms with Gasteiger partial charge in [-0.05, 0) is 44.9 Å². The maximum atomic E-state index is 13.2. The normalized spacial score (nSPS) is 13.7. The molecule has 0 fully saturated rings. The second-order valence-corrected chi connectivity index (χ2v) is 18.1. The third kappa shape index (κ3) is 44.2. The molecule has 3 atom stereocenters. The van der Waals surface area contributed by atoms with Gasteiger partial charge in [0.2, 0.25) is 5.91 Å². The molecule has 1 amide bonds. The Morgan fingerprint density at radius 3 is 1.31 bits per heavy atom. The molecule has 0 aromatic heterocycles. The summed E-state index contributed by atoms with van der Waals surface area (Å²) >= 11 is 0. The Labute approximate surface area is 384 Å². The number of unbranched alkanes of at least 4 members (excludes halogenated alkanes) is 29. The van der Waals surface area contributed by atoms with Crippen molar-refractivity contribution in [1.29, 1.82) is 0 Å². The fourth-order valence-corrected chi connectivity index (χ4v) is 7.93. The standard InChI is InChI=1S/C56H101NO5/c1-4-7-10-13-16-19-22-24-26-27-28-30-32-34-37-40-43-46-49-56(61)62-52(47-44-41-38-35-33-31-29-25-23-20-17-14-11-8-5-2)50-55(60)57-53(51-58)54(59)48-45-42-39-36-21-18-15-12-9-6-3/h10,13,16,19,22,24,26-28,30,52-54,58-59H,4-9,11-12,14-15,17-18,20-21,23,25,29,31-51H2,1-3H3,(H,57,60)/b13-10+,19-16+,24-22+,27-26+,30-28+. The summed E-state index contributed by atoms with van der Waals surface area (Å²) in [5.41, 5.74) is 0. The van der Waals surface area contributed by atoms with Gasteiger partial charge in [0.15, 0.2) is 0 Å². The Morgan fingerprint density at radius 1 is 0.468 bits per heavy atom. The fraction of sp³-hybridized carbons (Fsp3) is 0.786. The summed E-state index contributed by atoms with van der Waals surface area (Å²) in [5.74, 6) is -0.496. The van der Waals surface area contributed by atoms with E-state index in [9.17, 15) is 19.8 Å². The SMILES string of the molecule is CCC/C=C/C=C/C=C/C=C/C=C/CCCCCCCC(=O)OC(CCCCCCCCCCCCCCCCC)CC(=O)NC(CO)C(O)CCCCCCCCCCCC. The summed E-state index contributed by atoms with van der Waals surface area (Å²) in [6.07, 6.45) is 61.3. The fourth-order valence-electron chi connectivity index (χ4n) is 7.93. The highest BCUT2D eigenvalue weighted by Crippen LogP contribution is 2.18. The first-order chi connectivity index (χ1) is 30.5. The number of aliphatic hydroxyl groups is 2. The van der Waals surface area contributed by atoms with Gasteiger partial charge in [-0.15, -0.1) is 0 Å². The number of ether oxygens (including phenoxy) is 1. The van der Waals surface area contributed by atoms with E-state index < -0.39 is 18.2 Å². The van der Waals surface area contributed by atoms with Crippen LogP contribution in [0.25, 0.3) is 0 Å². The van der Waals surface area contributed by atoms with Crippen LogP contribution in [0.15, 0.2) is 60.8 Å². The molecule has 3 unspecified atom stereocenters. The molecule has 0 spiro atoms. The highest BCUT2D eigenvalue weighted by Gasteiger charge is 2.24. The molecule has 360 valence electrons. The quantitative estimate of drug-likeness (QED) is 0.0322. The van der Waals surface area contributed by atoms with Crippen LogP contribution in [0.4, 0.5) is 0 Å². The molecule has 62 heavy (non-hydrogen) atoms. The molecule has 0 aromatic rings. The summed E-state index contributed by atoms with van der Waals surface area (Å²) in [6, 6.07) is -0.706. The molecular weight excluding hydrogens is 767 g/mol. The van der Waals surface area contributed by atoms with Gasteiger partial charge < -0.3 is 20.3 Å². The summed E-state index contributed by atoms with van der Waals surface area (Å²) < 4.78 is 5.94. The average molecular weight is 868 g/mol. The molecule has 0 saturated carbocycles. The maximum Gasteiger partial charge on any atom is 0.306 e. The van der Waals surface area contributed by atoms with Gasteiger partial charge in [0.05, 0.1) is 25.2 Å².